The van der Waals surface area contributed by atoms with Crippen molar-refractivity contribution in [3.63, 3.8) is 0 Å². The first-order valence-electron chi connectivity index (χ1n) is 14.9. The minimum Gasteiger partial charge on any atom is -0.356 e. The summed E-state index contributed by atoms with van der Waals surface area (Å²) >= 11 is 0. The Morgan fingerprint density at radius 3 is 1.89 bits per heavy atom. The number of alkyl halides is 9. The Hall–Kier alpha value is -3.92. The topological polar surface area (TPSA) is 80.0 Å². The number of ketones is 1. The Morgan fingerprint density at radius 2 is 1.40 bits per heavy atom. The molecule has 3 aromatic rings. The second-order valence-corrected chi connectivity index (χ2v) is 11.9. The zero-order valence-electron chi connectivity index (χ0n) is 25.8. The lowest BCUT2D eigenvalue weighted by atomic mass is 9.79. The molecule has 0 saturated heterocycles. The van der Waals surface area contributed by atoms with Crippen LogP contribution in [-0.4, -0.2) is 44.1 Å². The molecule has 1 fully saturated rings. The van der Waals surface area contributed by atoms with E-state index in [0.717, 1.165) is 41.4 Å². The Morgan fingerprint density at radius 1 is 0.830 bits per heavy atom. The first kappa shape index (κ1) is 35.9. The van der Waals surface area contributed by atoms with Gasteiger partial charge in [-0.25, -0.2) is 4.98 Å². The van der Waals surface area contributed by atoms with Crippen molar-refractivity contribution in [3.05, 3.63) is 58.3 Å². The number of aryl methyl sites for hydroxylation is 1. The van der Waals surface area contributed by atoms with E-state index in [0.29, 0.717) is 37.8 Å². The van der Waals surface area contributed by atoms with Crippen LogP contribution in [0.2, 0.25) is 0 Å². The van der Waals surface area contributed by atoms with Crippen LogP contribution in [0, 0.1) is 11.8 Å². The molecule has 1 saturated carbocycles. The molecule has 17 heteroatoms. The van der Waals surface area contributed by atoms with Gasteiger partial charge in [-0.05, 0) is 86.4 Å². The predicted molar refractivity (Wildman–Crippen MR) is 153 cm³/mol. The number of nitrogens with zero attached hydrogens (tertiary/aromatic N) is 7. The van der Waals surface area contributed by atoms with Gasteiger partial charge in [-0.15, -0.1) is 5.10 Å². The third kappa shape index (κ3) is 9.56. The van der Waals surface area contributed by atoms with E-state index in [1.807, 2.05) is 0 Å². The number of hydrogen-bond donors (Lipinski definition) is 0. The Bertz CT molecular complexity index is 1490. The lowest BCUT2D eigenvalue weighted by Gasteiger charge is -2.34. The van der Waals surface area contributed by atoms with E-state index < -0.39 is 53.9 Å². The van der Waals surface area contributed by atoms with Crippen LogP contribution in [0.25, 0.3) is 0 Å². The largest absolute Gasteiger partial charge is 0.417 e. The van der Waals surface area contributed by atoms with Gasteiger partial charge in [-0.1, -0.05) is 5.10 Å². The molecule has 258 valence electrons. The van der Waals surface area contributed by atoms with Crippen molar-refractivity contribution >= 4 is 17.5 Å². The van der Waals surface area contributed by atoms with E-state index in [-0.39, 0.29) is 41.0 Å². The summed E-state index contributed by atoms with van der Waals surface area (Å²) in [6, 6.07) is 1.96. The minimum absolute atomic E-state index is 0.00402. The zero-order valence-corrected chi connectivity index (χ0v) is 25.8. The van der Waals surface area contributed by atoms with Gasteiger partial charge in [-0.2, -0.15) is 44.3 Å². The van der Waals surface area contributed by atoms with Crippen molar-refractivity contribution in [1.29, 1.82) is 0 Å². The summed E-state index contributed by atoms with van der Waals surface area (Å²) in [5, 5.41) is 11.6. The van der Waals surface area contributed by atoms with Crippen LogP contribution in [0.15, 0.2) is 30.5 Å². The van der Waals surface area contributed by atoms with Gasteiger partial charge in [0.25, 0.3) is 5.95 Å². The number of Topliss-reactive ketones (excluding diaryl/α,β-unsaturated/α-hetero) is 1. The highest BCUT2D eigenvalue weighted by molar-refractivity contribution is 5.75. The van der Waals surface area contributed by atoms with Crippen molar-refractivity contribution in [2.45, 2.75) is 77.6 Å². The number of rotatable bonds is 11. The second kappa shape index (κ2) is 14.1. The van der Waals surface area contributed by atoms with Crippen molar-refractivity contribution in [2.75, 3.05) is 22.9 Å². The Balaban J connectivity index is 1.72. The van der Waals surface area contributed by atoms with Crippen molar-refractivity contribution in [3.8, 4) is 0 Å². The van der Waals surface area contributed by atoms with Crippen LogP contribution in [-0.2, 0) is 43.5 Å². The van der Waals surface area contributed by atoms with Crippen LogP contribution in [0.3, 0.4) is 0 Å². The minimum atomic E-state index is -5.10. The summed E-state index contributed by atoms with van der Waals surface area (Å²) in [5.74, 6) is 0.511. The smallest absolute Gasteiger partial charge is 0.356 e. The van der Waals surface area contributed by atoms with Crippen molar-refractivity contribution in [2.24, 2.45) is 18.9 Å². The van der Waals surface area contributed by atoms with Gasteiger partial charge < -0.3 is 14.6 Å². The summed E-state index contributed by atoms with van der Waals surface area (Å²) < 4.78 is 123. The van der Waals surface area contributed by atoms with Crippen LogP contribution in [0.1, 0.15) is 73.8 Å². The molecule has 1 aromatic carbocycles. The van der Waals surface area contributed by atoms with Gasteiger partial charge in [-0.3, -0.25) is 0 Å². The first-order valence-corrected chi connectivity index (χ1v) is 14.9. The number of pyridine rings is 1. The lowest BCUT2D eigenvalue weighted by Crippen LogP contribution is -2.34. The summed E-state index contributed by atoms with van der Waals surface area (Å²) in [4.78, 5) is 19.7. The molecule has 47 heavy (non-hydrogen) atoms. The maximum atomic E-state index is 13.9. The molecule has 1 aliphatic rings. The summed E-state index contributed by atoms with van der Waals surface area (Å²) in [6.07, 6.45) is -10.5. The van der Waals surface area contributed by atoms with Crippen molar-refractivity contribution in [1.82, 2.24) is 25.2 Å². The molecule has 0 unspecified atom stereocenters. The molecule has 0 aliphatic heterocycles. The number of anilines is 2. The monoisotopic (exact) mass is 679 g/mol. The molecule has 0 atom stereocenters. The molecule has 4 rings (SSSR count). The number of halogens is 9. The van der Waals surface area contributed by atoms with Crippen molar-refractivity contribution < 1.29 is 44.3 Å². The molecule has 0 N–H and O–H groups in total. The standard InChI is InChI=1S/C30H34F9N7O/c1-4-45(15-20-7-5-19(6-8-20)9-18(2)47)26-22(12-25(14-40-26)30(37,38)39)17-46(27-41-43-44(3)42-27)16-21-10-23(28(31,32)33)13-24(11-21)29(34,35)36/h10-14,19-20H,4-9,15-17H2,1-3H3. The highest BCUT2D eigenvalue weighted by Gasteiger charge is 2.38. The zero-order chi connectivity index (χ0) is 34.7. The fraction of sp³-hybridized carbons (Fsp3) is 0.567. The fourth-order valence-corrected chi connectivity index (χ4v) is 5.90. The van der Waals surface area contributed by atoms with E-state index in [9.17, 15) is 44.3 Å². The van der Waals surface area contributed by atoms with Crippen LogP contribution >= 0.6 is 0 Å². The highest BCUT2D eigenvalue weighted by atomic mass is 19.4. The van der Waals surface area contributed by atoms with Gasteiger partial charge >= 0.3 is 18.5 Å². The van der Waals surface area contributed by atoms with Gasteiger partial charge in [0.2, 0.25) is 0 Å². The van der Waals surface area contributed by atoms with E-state index >= 15 is 0 Å². The third-order valence-corrected chi connectivity index (χ3v) is 8.14. The van der Waals surface area contributed by atoms with Gasteiger partial charge in [0.1, 0.15) is 11.6 Å². The number of tetrazole rings is 1. The molecular weight excluding hydrogens is 645 g/mol. The van der Waals surface area contributed by atoms with E-state index in [4.69, 9.17) is 0 Å². The van der Waals surface area contributed by atoms with Crippen LogP contribution in [0.4, 0.5) is 51.3 Å². The number of benzene rings is 1. The van der Waals surface area contributed by atoms with Gasteiger partial charge in [0, 0.05) is 44.4 Å². The summed E-state index contributed by atoms with van der Waals surface area (Å²) in [5.41, 5.74) is -4.56. The SMILES string of the molecule is CCN(CC1CCC(CC(C)=O)CC1)c1ncc(C(F)(F)F)cc1CN(Cc1cc(C(F)(F)F)cc(C(F)(F)F)c1)c1nnn(C)n1. The maximum absolute atomic E-state index is 13.9. The van der Waals surface area contributed by atoms with Crippen LogP contribution in [0.5, 0.6) is 0 Å². The quantitative estimate of drug-likeness (QED) is 0.195. The van der Waals surface area contributed by atoms with Gasteiger partial charge in [0.15, 0.2) is 0 Å². The Kier molecular flexibility index (Phi) is 10.7. The fourth-order valence-electron chi connectivity index (χ4n) is 5.90. The molecule has 0 spiro atoms. The molecule has 0 bridgehead atoms. The number of hydrogen-bond acceptors (Lipinski definition) is 7. The van der Waals surface area contributed by atoms with E-state index in [1.165, 1.54) is 7.05 Å². The average molecular weight is 680 g/mol. The second-order valence-electron chi connectivity index (χ2n) is 11.9. The predicted octanol–water partition coefficient (Wildman–Crippen LogP) is 7.48. The molecular formula is C30H34F9N7O. The number of carbonyl (C=O) groups excluding carboxylic acids is 1. The third-order valence-electron chi connectivity index (χ3n) is 8.14. The van der Waals surface area contributed by atoms with Crippen LogP contribution < -0.4 is 9.80 Å². The number of carbonyl (C=O) groups is 1. The highest BCUT2D eigenvalue weighted by Crippen LogP contribution is 2.38. The summed E-state index contributed by atoms with van der Waals surface area (Å²) in [7, 11) is 1.38. The normalized spacial score (nSPS) is 17.5. The molecule has 0 radical (unpaired) electrons. The van der Waals surface area contributed by atoms with E-state index in [2.05, 4.69) is 20.4 Å². The van der Waals surface area contributed by atoms with E-state index in [1.54, 1.807) is 18.7 Å². The molecule has 2 heterocycles. The maximum Gasteiger partial charge on any atom is 0.417 e. The molecule has 1 aliphatic carbocycles. The average Bonchev–Trinajstić information content (AvgIpc) is 3.41. The first-order chi connectivity index (χ1) is 21.8. The number of aromatic nitrogens is 5. The molecule has 0 amide bonds. The van der Waals surface area contributed by atoms with Gasteiger partial charge in [0.05, 0.1) is 23.7 Å². The molecule has 2 aromatic heterocycles. The molecule has 8 nitrogen and oxygen atoms in total. The summed E-state index contributed by atoms with van der Waals surface area (Å²) in [6.45, 7) is 3.07. The Labute approximate surface area is 264 Å². The lowest BCUT2D eigenvalue weighted by molar-refractivity contribution is -0.143.